The standard InChI is InChI=1S/C28H24BrN7O5/c1-3-25(37)31-24-15-18(34(4-2)11-12-35-27(38)20-7-5-6-8-21(20)28(35)39)9-10-23(24)32-33-26-17(16-30)13-19(36(40)41)14-22(26)29/h5-10,13-15H,3-4,11-12H2,1-2H3,(H,31,37)/b33-32+. The van der Waals surface area contributed by atoms with Gasteiger partial charge in [0.15, 0.2) is 0 Å². The summed E-state index contributed by atoms with van der Waals surface area (Å²) in [7, 11) is 0. The van der Waals surface area contributed by atoms with Gasteiger partial charge in [-0.1, -0.05) is 19.1 Å². The number of azo groups is 1. The molecule has 1 aliphatic rings. The van der Waals surface area contributed by atoms with Gasteiger partial charge in [-0.15, -0.1) is 10.2 Å². The molecular formula is C28H24BrN7O5. The fourth-order valence-electron chi connectivity index (χ4n) is 4.26. The van der Waals surface area contributed by atoms with Crippen molar-refractivity contribution in [3.8, 4) is 6.07 Å². The van der Waals surface area contributed by atoms with Crippen LogP contribution < -0.4 is 10.2 Å². The number of hydrogen-bond acceptors (Lipinski definition) is 9. The summed E-state index contributed by atoms with van der Waals surface area (Å²) in [5.74, 6) is -0.924. The van der Waals surface area contributed by atoms with Gasteiger partial charge in [-0.25, -0.2) is 0 Å². The first-order valence-electron chi connectivity index (χ1n) is 12.6. The van der Waals surface area contributed by atoms with Crippen LogP contribution in [0.4, 0.5) is 28.4 Å². The molecule has 3 amide bonds. The number of nitro groups is 1. The quantitative estimate of drug-likeness (QED) is 0.124. The molecule has 0 atom stereocenters. The lowest BCUT2D eigenvalue weighted by Crippen LogP contribution is -2.38. The Labute approximate surface area is 243 Å². The van der Waals surface area contributed by atoms with E-state index in [-0.39, 0.29) is 52.1 Å². The van der Waals surface area contributed by atoms with Crippen molar-refractivity contribution in [3.05, 3.63) is 85.9 Å². The molecule has 0 fully saturated rings. The summed E-state index contributed by atoms with van der Waals surface area (Å²) < 4.78 is 0.216. The van der Waals surface area contributed by atoms with Crippen LogP contribution in [0.25, 0.3) is 0 Å². The largest absolute Gasteiger partial charge is 0.370 e. The lowest BCUT2D eigenvalue weighted by Gasteiger charge is -2.26. The number of carbonyl (C=O) groups is 3. The molecule has 3 aromatic carbocycles. The predicted molar refractivity (Wildman–Crippen MR) is 155 cm³/mol. The Balaban J connectivity index is 1.60. The van der Waals surface area contributed by atoms with Gasteiger partial charge in [0.05, 0.1) is 31.8 Å². The van der Waals surface area contributed by atoms with Gasteiger partial charge in [0.2, 0.25) is 5.91 Å². The van der Waals surface area contributed by atoms with E-state index in [1.807, 2.05) is 17.9 Å². The van der Waals surface area contributed by atoms with Crippen molar-refractivity contribution in [3.63, 3.8) is 0 Å². The maximum Gasteiger partial charge on any atom is 0.272 e. The molecule has 3 aromatic rings. The smallest absolute Gasteiger partial charge is 0.272 e. The van der Waals surface area contributed by atoms with Gasteiger partial charge in [0, 0.05) is 43.9 Å². The predicted octanol–water partition coefficient (Wildman–Crippen LogP) is 6.12. The van der Waals surface area contributed by atoms with Crippen LogP contribution in [0.5, 0.6) is 0 Å². The number of carbonyl (C=O) groups excluding carboxylic acids is 3. The normalized spacial score (nSPS) is 12.4. The van der Waals surface area contributed by atoms with E-state index in [1.165, 1.54) is 11.0 Å². The zero-order valence-electron chi connectivity index (χ0n) is 22.1. The molecule has 0 aliphatic carbocycles. The van der Waals surface area contributed by atoms with Crippen molar-refractivity contribution in [2.75, 3.05) is 29.9 Å². The molecular weight excluding hydrogens is 594 g/mol. The SMILES string of the molecule is CCC(=O)Nc1cc(N(CC)CCN2C(=O)c3ccccc3C2=O)ccc1/N=N/c1c(Br)cc([N+](=O)[O-])cc1C#N. The zero-order valence-corrected chi connectivity index (χ0v) is 23.7. The van der Waals surface area contributed by atoms with Crippen LogP contribution >= 0.6 is 15.9 Å². The van der Waals surface area contributed by atoms with E-state index in [0.717, 1.165) is 6.07 Å². The van der Waals surface area contributed by atoms with Crippen LogP contribution in [0, 0.1) is 21.4 Å². The summed E-state index contributed by atoms with van der Waals surface area (Å²) in [5.41, 5.74) is 1.92. The van der Waals surface area contributed by atoms with Crippen LogP contribution in [-0.2, 0) is 4.79 Å². The van der Waals surface area contributed by atoms with Crippen molar-refractivity contribution in [1.82, 2.24) is 4.90 Å². The summed E-state index contributed by atoms with van der Waals surface area (Å²) in [6, 6.07) is 16.1. The average Bonchev–Trinajstić information content (AvgIpc) is 3.21. The van der Waals surface area contributed by atoms with Crippen LogP contribution in [0.1, 0.15) is 46.5 Å². The molecule has 12 nitrogen and oxygen atoms in total. The third-order valence-corrected chi connectivity index (χ3v) is 7.04. The fourth-order valence-corrected chi connectivity index (χ4v) is 4.79. The average molecular weight is 618 g/mol. The van der Waals surface area contributed by atoms with Crippen molar-refractivity contribution in [1.29, 1.82) is 5.26 Å². The number of nitriles is 1. The first kappa shape index (κ1) is 29.0. The Hall–Kier alpha value is -4.96. The van der Waals surface area contributed by atoms with Crippen molar-refractivity contribution < 1.29 is 19.3 Å². The molecule has 0 bridgehead atoms. The van der Waals surface area contributed by atoms with Crippen LogP contribution in [0.3, 0.4) is 0 Å². The third kappa shape index (κ3) is 6.12. The highest BCUT2D eigenvalue weighted by molar-refractivity contribution is 9.10. The van der Waals surface area contributed by atoms with Gasteiger partial charge in [-0.05, 0) is 53.2 Å². The lowest BCUT2D eigenvalue weighted by atomic mass is 10.1. The van der Waals surface area contributed by atoms with E-state index >= 15 is 0 Å². The number of fused-ring (bicyclic) bond motifs is 1. The maximum absolute atomic E-state index is 12.8. The Morgan fingerprint density at radius 3 is 2.37 bits per heavy atom. The number of likely N-dealkylation sites (N-methyl/N-ethyl adjacent to an activating group) is 1. The number of nitrogens with one attached hydrogen (secondary N) is 1. The molecule has 0 spiro atoms. The Bertz CT molecular complexity index is 1600. The van der Waals surface area contributed by atoms with Gasteiger partial charge >= 0.3 is 0 Å². The second-order valence-electron chi connectivity index (χ2n) is 8.88. The van der Waals surface area contributed by atoms with Crippen molar-refractivity contribution in [2.24, 2.45) is 10.2 Å². The summed E-state index contributed by atoms with van der Waals surface area (Å²) in [5, 5.41) is 31.8. The van der Waals surface area contributed by atoms with E-state index in [0.29, 0.717) is 41.3 Å². The van der Waals surface area contributed by atoms with Crippen LogP contribution in [0.2, 0.25) is 0 Å². The Morgan fingerprint density at radius 2 is 1.78 bits per heavy atom. The summed E-state index contributed by atoms with van der Waals surface area (Å²) >= 11 is 3.22. The molecule has 0 saturated carbocycles. The number of non-ortho nitro benzene ring substituents is 1. The molecule has 0 radical (unpaired) electrons. The highest BCUT2D eigenvalue weighted by Gasteiger charge is 2.35. The van der Waals surface area contributed by atoms with Crippen LogP contribution in [-0.4, -0.2) is 47.2 Å². The Morgan fingerprint density at radius 1 is 1.10 bits per heavy atom. The first-order chi connectivity index (χ1) is 19.7. The lowest BCUT2D eigenvalue weighted by molar-refractivity contribution is -0.384. The number of nitrogens with zero attached hydrogens (tertiary/aromatic N) is 6. The molecule has 0 unspecified atom stereocenters. The number of anilines is 2. The summed E-state index contributed by atoms with van der Waals surface area (Å²) in [6.45, 7) is 4.70. The van der Waals surface area contributed by atoms with E-state index < -0.39 is 4.92 Å². The zero-order chi connectivity index (χ0) is 29.7. The minimum absolute atomic E-state index is 0.0455. The molecule has 41 heavy (non-hydrogen) atoms. The summed E-state index contributed by atoms with van der Waals surface area (Å²) in [4.78, 5) is 51.5. The number of benzene rings is 3. The Kier molecular flexibility index (Phi) is 8.84. The van der Waals surface area contributed by atoms with Gasteiger partial charge in [0.1, 0.15) is 17.4 Å². The van der Waals surface area contributed by atoms with Gasteiger partial charge in [-0.3, -0.25) is 29.4 Å². The minimum Gasteiger partial charge on any atom is -0.370 e. The number of hydrogen-bond donors (Lipinski definition) is 1. The second kappa shape index (κ2) is 12.5. The molecule has 0 saturated heterocycles. The number of imide groups is 1. The molecule has 0 aromatic heterocycles. The monoisotopic (exact) mass is 617 g/mol. The number of nitro benzene ring substituents is 1. The van der Waals surface area contributed by atoms with Gasteiger partial charge in [0.25, 0.3) is 17.5 Å². The summed E-state index contributed by atoms with van der Waals surface area (Å²) in [6.07, 6.45) is 0.213. The highest BCUT2D eigenvalue weighted by atomic mass is 79.9. The first-order valence-corrected chi connectivity index (χ1v) is 13.4. The fraction of sp³-hybridized carbons (Fsp3) is 0.214. The number of amides is 3. The van der Waals surface area contributed by atoms with E-state index in [2.05, 4.69) is 31.5 Å². The third-order valence-electron chi connectivity index (χ3n) is 6.43. The second-order valence-corrected chi connectivity index (χ2v) is 9.74. The van der Waals surface area contributed by atoms with E-state index in [4.69, 9.17) is 0 Å². The molecule has 1 aliphatic heterocycles. The highest BCUT2D eigenvalue weighted by Crippen LogP contribution is 2.37. The number of halogens is 1. The topological polar surface area (TPSA) is 161 Å². The van der Waals surface area contributed by atoms with Crippen molar-refractivity contribution >= 4 is 62.1 Å². The van der Waals surface area contributed by atoms with E-state index in [1.54, 1.807) is 49.4 Å². The molecule has 13 heteroatoms. The maximum atomic E-state index is 12.8. The number of rotatable bonds is 10. The van der Waals surface area contributed by atoms with Crippen LogP contribution in [0.15, 0.2) is 69.3 Å². The van der Waals surface area contributed by atoms with Gasteiger partial charge in [-0.2, -0.15) is 5.26 Å². The minimum atomic E-state index is -0.614. The molecule has 1 heterocycles. The van der Waals surface area contributed by atoms with Crippen molar-refractivity contribution in [2.45, 2.75) is 20.3 Å². The van der Waals surface area contributed by atoms with Gasteiger partial charge < -0.3 is 10.2 Å². The molecule has 4 rings (SSSR count). The molecule has 208 valence electrons. The van der Waals surface area contributed by atoms with E-state index in [9.17, 15) is 29.8 Å². The molecule has 1 N–H and O–H groups in total.